The van der Waals surface area contributed by atoms with Gasteiger partial charge in [0.05, 0.1) is 13.2 Å². The second-order valence-corrected chi connectivity index (χ2v) is 7.96. The van der Waals surface area contributed by atoms with Crippen LogP contribution in [0.1, 0.15) is 24.1 Å². The molecule has 1 aliphatic heterocycles. The van der Waals surface area contributed by atoms with Gasteiger partial charge in [0.25, 0.3) is 0 Å². The van der Waals surface area contributed by atoms with Gasteiger partial charge in [0, 0.05) is 38.6 Å². The number of amides is 1. The first kappa shape index (κ1) is 21.3. The van der Waals surface area contributed by atoms with Crippen molar-refractivity contribution in [2.24, 2.45) is 5.92 Å². The van der Waals surface area contributed by atoms with Gasteiger partial charge in [0.15, 0.2) is 0 Å². The second-order valence-electron chi connectivity index (χ2n) is 7.96. The Labute approximate surface area is 174 Å². The largest absolute Gasteiger partial charge is 0.497 e. The molecule has 1 saturated heterocycles. The van der Waals surface area contributed by atoms with Crippen molar-refractivity contribution in [3.8, 4) is 5.75 Å². The number of rotatable bonds is 8. The molecule has 1 amide bonds. The number of piperazine rings is 1. The molecule has 2 aromatic rings. The fraction of sp³-hybridized carbons (Fsp3) is 0.458. The van der Waals surface area contributed by atoms with Crippen LogP contribution in [0.5, 0.6) is 5.75 Å². The van der Waals surface area contributed by atoms with Crippen LogP contribution in [-0.4, -0.2) is 62.6 Å². The third-order valence-electron chi connectivity index (χ3n) is 5.78. The van der Waals surface area contributed by atoms with Crippen molar-refractivity contribution >= 4 is 5.91 Å². The highest BCUT2D eigenvalue weighted by molar-refractivity contribution is 5.78. The van der Waals surface area contributed by atoms with Gasteiger partial charge in [-0.2, -0.15) is 0 Å². The monoisotopic (exact) mass is 395 g/mol. The number of benzene rings is 2. The van der Waals surface area contributed by atoms with Gasteiger partial charge in [0.2, 0.25) is 5.91 Å². The Balaban J connectivity index is 1.64. The zero-order valence-corrected chi connectivity index (χ0v) is 17.8. The van der Waals surface area contributed by atoms with Crippen LogP contribution in [0.2, 0.25) is 0 Å². The molecule has 1 heterocycles. The molecule has 1 fully saturated rings. The Morgan fingerprint density at radius 2 is 1.69 bits per heavy atom. The molecular weight excluding hydrogens is 362 g/mol. The average molecular weight is 396 g/mol. The number of carbonyl (C=O) groups excluding carboxylic acids is 1. The molecule has 2 unspecified atom stereocenters. The lowest BCUT2D eigenvalue weighted by molar-refractivity contribution is -0.124. The summed E-state index contributed by atoms with van der Waals surface area (Å²) in [6.07, 6.45) is 0.758. The van der Waals surface area contributed by atoms with E-state index in [-0.39, 0.29) is 17.9 Å². The molecule has 0 saturated carbocycles. The van der Waals surface area contributed by atoms with E-state index in [2.05, 4.69) is 46.4 Å². The van der Waals surface area contributed by atoms with Crippen LogP contribution in [0.15, 0.2) is 54.6 Å². The zero-order valence-electron chi connectivity index (χ0n) is 17.8. The maximum absolute atomic E-state index is 12.8. The van der Waals surface area contributed by atoms with Crippen molar-refractivity contribution in [2.45, 2.75) is 19.4 Å². The molecule has 0 radical (unpaired) electrons. The highest BCUT2D eigenvalue weighted by Gasteiger charge is 2.25. The number of hydrogen-bond acceptors (Lipinski definition) is 4. The highest BCUT2D eigenvalue weighted by Crippen LogP contribution is 2.24. The lowest BCUT2D eigenvalue weighted by Gasteiger charge is -2.38. The van der Waals surface area contributed by atoms with E-state index in [1.807, 2.05) is 37.3 Å². The van der Waals surface area contributed by atoms with E-state index in [1.54, 1.807) is 7.11 Å². The van der Waals surface area contributed by atoms with E-state index in [0.717, 1.165) is 38.3 Å². The summed E-state index contributed by atoms with van der Waals surface area (Å²) in [5.41, 5.74) is 2.41. The standard InChI is InChI=1S/C24H33N3O2/c1-19(17-20-7-5-4-6-8-20)24(28)25-18-23(27-15-13-26(2)14-16-27)21-9-11-22(29-3)12-10-21/h4-12,19,23H,13-18H2,1-3H3,(H,25,28). The minimum Gasteiger partial charge on any atom is -0.497 e. The van der Waals surface area contributed by atoms with E-state index in [9.17, 15) is 4.79 Å². The molecular formula is C24H33N3O2. The number of ether oxygens (including phenoxy) is 1. The fourth-order valence-electron chi connectivity index (χ4n) is 3.85. The average Bonchev–Trinajstić information content (AvgIpc) is 2.76. The first-order chi connectivity index (χ1) is 14.1. The molecule has 1 aliphatic rings. The van der Waals surface area contributed by atoms with E-state index < -0.39 is 0 Å². The quantitative estimate of drug-likeness (QED) is 0.746. The molecule has 2 atom stereocenters. The third kappa shape index (κ3) is 6.05. The first-order valence-electron chi connectivity index (χ1n) is 10.4. The van der Waals surface area contributed by atoms with Crippen LogP contribution in [-0.2, 0) is 11.2 Å². The third-order valence-corrected chi connectivity index (χ3v) is 5.78. The lowest BCUT2D eigenvalue weighted by atomic mass is 9.99. The Kier molecular flexibility index (Phi) is 7.67. The molecule has 5 nitrogen and oxygen atoms in total. The SMILES string of the molecule is COc1ccc(C(CNC(=O)C(C)Cc2ccccc2)N2CCN(C)CC2)cc1. The summed E-state index contributed by atoms with van der Waals surface area (Å²) in [7, 11) is 3.84. The van der Waals surface area contributed by atoms with Gasteiger partial charge in [-0.1, -0.05) is 49.4 Å². The summed E-state index contributed by atoms with van der Waals surface area (Å²) in [5, 5.41) is 3.21. The van der Waals surface area contributed by atoms with Gasteiger partial charge in [-0.15, -0.1) is 0 Å². The van der Waals surface area contributed by atoms with E-state index in [4.69, 9.17) is 4.74 Å². The van der Waals surface area contributed by atoms with Crippen LogP contribution >= 0.6 is 0 Å². The van der Waals surface area contributed by atoms with Crippen molar-refractivity contribution in [3.63, 3.8) is 0 Å². The molecule has 1 N–H and O–H groups in total. The Morgan fingerprint density at radius 1 is 1.03 bits per heavy atom. The van der Waals surface area contributed by atoms with Crippen LogP contribution in [0.3, 0.4) is 0 Å². The summed E-state index contributed by atoms with van der Waals surface area (Å²) < 4.78 is 5.30. The Hall–Kier alpha value is -2.37. The molecule has 3 rings (SSSR count). The predicted octanol–water partition coefficient (Wildman–Crippen LogP) is 2.98. The lowest BCUT2D eigenvalue weighted by Crippen LogP contribution is -2.48. The molecule has 0 aliphatic carbocycles. The predicted molar refractivity (Wildman–Crippen MR) is 117 cm³/mol. The molecule has 2 aromatic carbocycles. The van der Waals surface area contributed by atoms with Gasteiger partial charge < -0.3 is 15.0 Å². The minimum atomic E-state index is -0.0543. The van der Waals surface area contributed by atoms with Crippen LogP contribution < -0.4 is 10.1 Å². The number of carbonyl (C=O) groups is 1. The summed E-state index contributed by atoms with van der Waals surface area (Å²) in [6.45, 7) is 6.72. The van der Waals surface area contributed by atoms with Gasteiger partial charge in [-0.3, -0.25) is 9.69 Å². The summed E-state index contributed by atoms with van der Waals surface area (Å²) in [4.78, 5) is 17.6. The normalized spacial score (nSPS) is 17.5. The molecule has 29 heavy (non-hydrogen) atoms. The fourth-order valence-corrected chi connectivity index (χ4v) is 3.85. The van der Waals surface area contributed by atoms with Crippen molar-refractivity contribution in [2.75, 3.05) is 46.9 Å². The van der Waals surface area contributed by atoms with Crippen LogP contribution in [0.25, 0.3) is 0 Å². The van der Waals surface area contributed by atoms with Gasteiger partial charge in [0.1, 0.15) is 5.75 Å². The molecule has 156 valence electrons. The van der Waals surface area contributed by atoms with Gasteiger partial charge in [-0.05, 0) is 36.7 Å². The first-order valence-corrected chi connectivity index (χ1v) is 10.4. The minimum absolute atomic E-state index is 0.0543. The number of methoxy groups -OCH3 is 1. The van der Waals surface area contributed by atoms with Crippen molar-refractivity contribution in [3.05, 3.63) is 65.7 Å². The van der Waals surface area contributed by atoms with Gasteiger partial charge in [-0.25, -0.2) is 0 Å². The smallest absolute Gasteiger partial charge is 0.223 e. The summed E-state index contributed by atoms with van der Waals surface area (Å²) >= 11 is 0. The zero-order chi connectivity index (χ0) is 20.6. The maximum Gasteiger partial charge on any atom is 0.223 e. The summed E-state index contributed by atoms with van der Waals surface area (Å²) in [6, 6.07) is 18.6. The van der Waals surface area contributed by atoms with Crippen LogP contribution in [0.4, 0.5) is 0 Å². The van der Waals surface area contributed by atoms with Crippen LogP contribution in [0, 0.1) is 5.92 Å². The molecule has 0 aromatic heterocycles. The summed E-state index contributed by atoms with van der Waals surface area (Å²) in [5.74, 6) is 0.911. The molecule has 5 heteroatoms. The number of nitrogens with one attached hydrogen (secondary N) is 1. The topological polar surface area (TPSA) is 44.8 Å². The Morgan fingerprint density at radius 3 is 2.31 bits per heavy atom. The van der Waals surface area contributed by atoms with Crippen molar-refractivity contribution in [1.82, 2.24) is 15.1 Å². The highest BCUT2D eigenvalue weighted by atomic mass is 16.5. The van der Waals surface area contributed by atoms with E-state index in [1.165, 1.54) is 11.1 Å². The van der Waals surface area contributed by atoms with E-state index in [0.29, 0.717) is 6.54 Å². The molecule has 0 bridgehead atoms. The van der Waals surface area contributed by atoms with E-state index >= 15 is 0 Å². The number of likely N-dealkylation sites (N-methyl/N-ethyl adjacent to an activating group) is 1. The second kappa shape index (κ2) is 10.4. The number of hydrogen-bond donors (Lipinski definition) is 1. The Bertz CT molecular complexity index is 755. The number of nitrogens with zero attached hydrogens (tertiary/aromatic N) is 2. The van der Waals surface area contributed by atoms with Gasteiger partial charge >= 0.3 is 0 Å². The van der Waals surface area contributed by atoms with Crippen molar-refractivity contribution in [1.29, 1.82) is 0 Å². The maximum atomic E-state index is 12.8. The molecule has 0 spiro atoms. The van der Waals surface area contributed by atoms with Crippen molar-refractivity contribution < 1.29 is 9.53 Å².